The van der Waals surface area contributed by atoms with Gasteiger partial charge in [0.15, 0.2) is 12.6 Å². The maximum absolute atomic E-state index is 12.9. The molecule has 2 saturated heterocycles. The van der Waals surface area contributed by atoms with E-state index in [0.29, 0.717) is 13.0 Å². The van der Waals surface area contributed by atoms with Gasteiger partial charge in [0.1, 0.15) is 54.9 Å². The van der Waals surface area contributed by atoms with Gasteiger partial charge in [-0.1, -0.05) is 121 Å². The van der Waals surface area contributed by atoms with Crippen molar-refractivity contribution < 1.29 is 69.0 Å². The van der Waals surface area contributed by atoms with E-state index >= 15 is 0 Å². The van der Waals surface area contributed by atoms with Crippen molar-refractivity contribution in [1.82, 2.24) is 0 Å². The molecule has 0 saturated carbocycles. The molecule has 0 radical (unpaired) electrons. The summed E-state index contributed by atoms with van der Waals surface area (Å²) in [5, 5.41) is 71.9. The minimum Gasteiger partial charge on any atom is -0.457 e. The largest absolute Gasteiger partial charge is 0.457 e. The van der Waals surface area contributed by atoms with Crippen LogP contribution in [0.3, 0.4) is 0 Å². The van der Waals surface area contributed by atoms with Crippen LogP contribution in [-0.4, -0.2) is 142 Å². The van der Waals surface area contributed by atoms with Crippen LogP contribution in [0.15, 0.2) is 36.5 Å². The van der Waals surface area contributed by atoms with Gasteiger partial charge in [-0.25, -0.2) is 0 Å². The van der Waals surface area contributed by atoms with Crippen LogP contribution < -0.4 is 0 Å². The average Bonchev–Trinajstić information content (AvgIpc) is 3.25. The summed E-state index contributed by atoms with van der Waals surface area (Å²) in [6.45, 7) is 3.56. The maximum atomic E-state index is 12.9. The fourth-order valence-corrected chi connectivity index (χ4v) is 7.20. The van der Waals surface area contributed by atoms with Crippen LogP contribution >= 0.6 is 0 Å². The molecule has 0 aromatic rings. The van der Waals surface area contributed by atoms with Gasteiger partial charge in [0.25, 0.3) is 0 Å². The highest BCUT2D eigenvalue weighted by Gasteiger charge is 2.47. The lowest BCUT2D eigenvalue weighted by Crippen LogP contribution is -2.61. The molecule has 0 amide bonds. The van der Waals surface area contributed by atoms with E-state index in [9.17, 15) is 40.5 Å². The van der Waals surface area contributed by atoms with Crippen LogP contribution in [-0.2, 0) is 33.2 Å². The molecule has 2 aliphatic rings. The summed E-state index contributed by atoms with van der Waals surface area (Å²) in [5.41, 5.74) is 0. The summed E-state index contributed by atoms with van der Waals surface area (Å²) < 4.78 is 34.1. The van der Waals surface area contributed by atoms with Crippen LogP contribution in [0.25, 0.3) is 0 Å². The van der Waals surface area contributed by atoms with Crippen molar-refractivity contribution >= 4 is 5.97 Å². The van der Waals surface area contributed by atoms with Crippen LogP contribution in [0.2, 0.25) is 0 Å². The highest BCUT2D eigenvalue weighted by atomic mass is 16.7. The molecule has 2 heterocycles. The van der Waals surface area contributed by atoms with Gasteiger partial charge in [-0.15, -0.1) is 0 Å². The van der Waals surface area contributed by atoms with E-state index < -0.39 is 86.7 Å². The number of ether oxygens (including phenoxy) is 6. The Bertz CT molecular complexity index is 1150. The average molecular weight is 873 g/mol. The zero-order valence-electron chi connectivity index (χ0n) is 37.4. The Balaban J connectivity index is 1.82. The fourth-order valence-electron chi connectivity index (χ4n) is 7.20. The van der Waals surface area contributed by atoms with Crippen molar-refractivity contribution in [3.05, 3.63) is 36.5 Å². The molecule has 2 rings (SSSR count). The molecule has 2 aliphatic heterocycles. The fraction of sp³-hybridized carbons (Fsp3) is 0.851. The second-order valence-corrected chi connectivity index (χ2v) is 16.6. The number of rotatable bonds is 36. The highest BCUT2D eigenvalue weighted by Crippen LogP contribution is 2.26. The summed E-state index contributed by atoms with van der Waals surface area (Å²) in [5.74, 6) is -0.394. The summed E-state index contributed by atoms with van der Waals surface area (Å²) in [6.07, 6.45) is 20.7. The SMILES string of the molecule is CCC/C=C\C/C=C\CCCCCCCC(=O)OC(COCCCCCCCC/C=C\CCCCCC)COC1OC(COC2OC(CO)C(O)C(O)C2O)C(O)C(O)C1O. The summed E-state index contributed by atoms with van der Waals surface area (Å²) in [7, 11) is 0. The van der Waals surface area contributed by atoms with Gasteiger partial charge in [0.05, 0.1) is 26.4 Å². The van der Waals surface area contributed by atoms with Crippen LogP contribution in [0.4, 0.5) is 0 Å². The number of aliphatic hydroxyl groups excluding tert-OH is 7. The van der Waals surface area contributed by atoms with Crippen LogP contribution in [0, 0.1) is 0 Å². The molecule has 0 aromatic carbocycles. The molecule has 11 atom stereocenters. The number of hydrogen-bond acceptors (Lipinski definition) is 14. The summed E-state index contributed by atoms with van der Waals surface area (Å²) in [6, 6.07) is 0. The van der Waals surface area contributed by atoms with Crippen LogP contribution in [0.1, 0.15) is 155 Å². The number of carbonyl (C=O) groups is 1. The van der Waals surface area contributed by atoms with Gasteiger partial charge in [-0.05, 0) is 64.2 Å². The first-order valence-corrected chi connectivity index (χ1v) is 23.6. The summed E-state index contributed by atoms with van der Waals surface area (Å²) in [4.78, 5) is 12.9. The normalized spacial score (nSPS) is 27.8. The van der Waals surface area contributed by atoms with E-state index in [2.05, 4.69) is 50.3 Å². The van der Waals surface area contributed by atoms with Crippen molar-refractivity contribution in [3.8, 4) is 0 Å². The Labute approximate surface area is 366 Å². The van der Waals surface area contributed by atoms with Crippen molar-refractivity contribution in [3.63, 3.8) is 0 Å². The first kappa shape index (κ1) is 55.3. The van der Waals surface area contributed by atoms with E-state index in [-0.39, 0.29) is 19.6 Å². The lowest BCUT2D eigenvalue weighted by atomic mass is 9.98. The number of esters is 1. The number of carbonyl (C=O) groups excluding carboxylic acids is 1. The number of unbranched alkanes of at least 4 members (excludes halogenated alkanes) is 16. The van der Waals surface area contributed by atoms with E-state index in [1.54, 1.807) is 0 Å². The predicted octanol–water partition coefficient (Wildman–Crippen LogP) is 5.85. The molecule has 14 heteroatoms. The second-order valence-electron chi connectivity index (χ2n) is 16.6. The third kappa shape index (κ3) is 24.2. The molecular formula is C47H84O14. The monoisotopic (exact) mass is 873 g/mol. The first-order chi connectivity index (χ1) is 29.6. The lowest BCUT2D eigenvalue weighted by molar-refractivity contribution is -0.332. The van der Waals surface area contributed by atoms with Crippen molar-refractivity contribution in [2.24, 2.45) is 0 Å². The highest BCUT2D eigenvalue weighted by molar-refractivity contribution is 5.69. The van der Waals surface area contributed by atoms with Crippen molar-refractivity contribution in [2.45, 2.75) is 223 Å². The van der Waals surface area contributed by atoms with E-state index in [4.69, 9.17) is 28.4 Å². The maximum Gasteiger partial charge on any atom is 0.306 e. The Morgan fingerprint density at radius 1 is 0.541 bits per heavy atom. The smallest absolute Gasteiger partial charge is 0.306 e. The van der Waals surface area contributed by atoms with Gasteiger partial charge >= 0.3 is 5.97 Å². The number of hydrogen-bond donors (Lipinski definition) is 7. The Morgan fingerprint density at radius 2 is 1.05 bits per heavy atom. The van der Waals surface area contributed by atoms with Gasteiger partial charge in [-0.2, -0.15) is 0 Å². The van der Waals surface area contributed by atoms with Gasteiger partial charge in [0, 0.05) is 13.0 Å². The zero-order chi connectivity index (χ0) is 44.5. The summed E-state index contributed by atoms with van der Waals surface area (Å²) >= 11 is 0. The van der Waals surface area contributed by atoms with Gasteiger partial charge in [0.2, 0.25) is 0 Å². The third-order valence-corrected chi connectivity index (χ3v) is 11.1. The topological polar surface area (TPSA) is 214 Å². The molecule has 356 valence electrons. The number of aliphatic hydroxyl groups is 7. The van der Waals surface area contributed by atoms with Crippen molar-refractivity contribution in [2.75, 3.05) is 33.0 Å². The van der Waals surface area contributed by atoms with Gasteiger partial charge < -0.3 is 64.2 Å². The number of allylic oxidation sites excluding steroid dienone is 6. The molecular weight excluding hydrogens is 789 g/mol. The molecule has 14 nitrogen and oxygen atoms in total. The van der Waals surface area contributed by atoms with Gasteiger partial charge in [-0.3, -0.25) is 4.79 Å². The predicted molar refractivity (Wildman–Crippen MR) is 233 cm³/mol. The minimum atomic E-state index is -1.71. The standard InChI is InChI=1S/C47H84O14/c1-3-5-7-9-11-13-15-17-19-21-23-25-27-29-31-56-33-36(59-39(49)30-28-26-24-22-20-18-16-14-12-10-8-6-4-2)34-57-46-45(55)43(53)41(51)38(61-46)35-58-47-44(54)42(52)40(50)37(32-48)60-47/h8,10,13-16,36-38,40-48,50-55H,3-7,9,11-12,17-35H2,1-2H3/b10-8-,15-13-,16-14-. The molecule has 7 N–H and O–H groups in total. The first-order valence-electron chi connectivity index (χ1n) is 23.6. The Morgan fingerprint density at radius 3 is 1.66 bits per heavy atom. The second kappa shape index (κ2) is 35.5. The van der Waals surface area contributed by atoms with E-state index in [1.807, 2.05) is 0 Å². The van der Waals surface area contributed by atoms with E-state index in [0.717, 1.165) is 70.6 Å². The van der Waals surface area contributed by atoms with Crippen molar-refractivity contribution in [1.29, 1.82) is 0 Å². The molecule has 11 unspecified atom stereocenters. The lowest BCUT2D eigenvalue weighted by Gasteiger charge is -2.42. The molecule has 2 fully saturated rings. The zero-order valence-corrected chi connectivity index (χ0v) is 37.4. The molecule has 0 bridgehead atoms. The molecule has 0 spiro atoms. The third-order valence-electron chi connectivity index (χ3n) is 11.1. The Kier molecular flexibility index (Phi) is 32.2. The van der Waals surface area contributed by atoms with E-state index in [1.165, 1.54) is 57.8 Å². The molecule has 0 aliphatic carbocycles. The van der Waals surface area contributed by atoms with Crippen LogP contribution in [0.5, 0.6) is 0 Å². The molecule has 0 aromatic heterocycles. The quantitative estimate of drug-likeness (QED) is 0.0224. The Hall–Kier alpha value is -1.79. The molecule has 61 heavy (non-hydrogen) atoms. The minimum absolute atomic E-state index is 0.0517.